The summed E-state index contributed by atoms with van der Waals surface area (Å²) >= 11 is 0. The fraction of sp³-hybridized carbons (Fsp3) is 1.00. The number of rotatable bonds is 3. The van der Waals surface area contributed by atoms with Crippen LogP contribution >= 0.6 is 7.60 Å². The summed E-state index contributed by atoms with van der Waals surface area (Å²) in [5.74, 6) is 0. The van der Waals surface area contributed by atoms with Crippen molar-refractivity contribution in [1.82, 2.24) is 0 Å². The molecule has 1 saturated heterocycles. The third-order valence-corrected chi connectivity index (χ3v) is 2.71. The van der Waals surface area contributed by atoms with Crippen molar-refractivity contribution in [3.63, 3.8) is 0 Å². The minimum Gasteiger partial charge on any atom is -0.394 e. The zero-order valence-corrected chi connectivity index (χ0v) is 8.92. The maximum absolute atomic E-state index is 11.0. The number of ether oxygens (including phenoxy) is 1. The molecule has 0 spiro atoms. The Kier molecular flexibility index (Phi) is 3.69. The molecule has 1 heterocycles. The van der Waals surface area contributed by atoms with Gasteiger partial charge < -0.3 is 19.8 Å². The van der Waals surface area contributed by atoms with E-state index in [9.17, 15) is 9.67 Å². The van der Waals surface area contributed by atoms with E-state index in [-0.39, 0.29) is 6.61 Å². The van der Waals surface area contributed by atoms with E-state index in [1.807, 2.05) is 0 Å². The van der Waals surface area contributed by atoms with Crippen LogP contribution < -0.4 is 0 Å². The lowest BCUT2D eigenvalue weighted by molar-refractivity contribution is -0.0126. The predicted molar refractivity (Wildman–Crippen MR) is 48.0 cm³/mol. The van der Waals surface area contributed by atoms with Crippen LogP contribution in [-0.4, -0.2) is 52.8 Å². The fourth-order valence-corrected chi connectivity index (χ4v) is 2.14. The molecule has 5 atom stereocenters. The SMILES string of the molecule is C[C@@H]1O[C@H](CO)C(OP(C)(=O)O)[C@@H]1O. The second-order valence-corrected chi connectivity index (χ2v) is 5.24. The van der Waals surface area contributed by atoms with Crippen LogP contribution in [0.1, 0.15) is 6.92 Å². The lowest BCUT2D eigenvalue weighted by atomic mass is 10.1. The van der Waals surface area contributed by atoms with E-state index in [0.717, 1.165) is 6.66 Å². The summed E-state index contributed by atoms with van der Waals surface area (Å²) in [5, 5.41) is 18.4. The molecule has 0 aliphatic carbocycles. The van der Waals surface area contributed by atoms with E-state index in [0.29, 0.717) is 0 Å². The number of aliphatic hydroxyl groups excluding tert-OH is 2. The van der Waals surface area contributed by atoms with Gasteiger partial charge in [0.05, 0.1) is 12.7 Å². The maximum atomic E-state index is 11.0. The second-order valence-electron chi connectivity index (χ2n) is 3.43. The first-order chi connectivity index (χ1) is 6.35. The maximum Gasteiger partial charge on any atom is 0.325 e. The van der Waals surface area contributed by atoms with Crippen LogP contribution in [0.5, 0.6) is 0 Å². The van der Waals surface area contributed by atoms with E-state index in [2.05, 4.69) is 0 Å². The van der Waals surface area contributed by atoms with Crippen molar-refractivity contribution in [3.05, 3.63) is 0 Å². The molecule has 0 amide bonds. The molecule has 84 valence electrons. The van der Waals surface area contributed by atoms with Crippen LogP contribution in [0.4, 0.5) is 0 Å². The first-order valence-corrected chi connectivity index (χ1v) is 6.30. The molecule has 1 fully saturated rings. The third-order valence-electron chi connectivity index (χ3n) is 2.07. The Labute approximate surface area is 82.0 Å². The smallest absolute Gasteiger partial charge is 0.325 e. The zero-order valence-electron chi connectivity index (χ0n) is 8.03. The van der Waals surface area contributed by atoms with Crippen molar-refractivity contribution in [2.45, 2.75) is 31.3 Å². The summed E-state index contributed by atoms with van der Waals surface area (Å²) in [6, 6.07) is 0. The Balaban J connectivity index is 2.69. The van der Waals surface area contributed by atoms with Crippen molar-refractivity contribution >= 4 is 7.60 Å². The van der Waals surface area contributed by atoms with Gasteiger partial charge in [0, 0.05) is 6.66 Å². The van der Waals surface area contributed by atoms with Crippen molar-refractivity contribution < 1.29 is 28.9 Å². The van der Waals surface area contributed by atoms with Gasteiger partial charge in [0.25, 0.3) is 0 Å². The largest absolute Gasteiger partial charge is 0.394 e. The highest BCUT2D eigenvalue weighted by Gasteiger charge is 2.44. The van der Waals surface area contributed by atoms with Gasteiger partial charge in [-0.1, -0.05) is 0 Å². The summed E-state index contributed by atoms with van der Waals surface area (Å²) in [4.78, 5) is 8.98. The molecule has 0 saturated carbocycles. The van der Waals surface area contributed by atoms with Crippen LogP contribution in [0, 0.1) is 0 Å². The van der Waals surface area contributed by atoms with Gasteiger partial charge in [0.2, 0.25) is 0 Å². The monoisotopic (exact) mass is 226 g/mol. The van der Waals surface area contributed by atoms with E-state index >= 15 is 0 Å². The van der Waals surface area contributed by atoms with Crippen molar-refractivity contribution in [2.24, 2.45) is 0 Å². The van der Waals surface area contributed by atoms with Crippen LogP contribution in [0.15, 0.2) is 0 Å². The molecule has 0 aromatic rings. The number of hydrogen-bond donors (Lipinski definition) is 3. The van der Waals surface area contributed by atoms with Gasteiger partial charge in [0.1, 0.15) is 18.3 Å². The molecular formula is C7H15O6P. The van der Waals surface area contributed by atoms with Gasteiger partial charge in [-0.2, -0.15) is 0 Å². The van der Waals surface area contributed by atoms with Crippen LogP contribution in [0.3, 0.4) is 0 Å². The molecular weight excluding hydrogens is 211 g/mol. The van der Waals surface area contributed by atoms with Gasteiger partial charge in [0.15, 0.2) is 0 Å². The molecule has 3 N–H and O–H groups in total. The first kappa shape index (κ1) is 12.1. The van der Waals surface area contributed by atoms with Gasteiger partial charge in [-0.3, -0.25) is 9.09 Å². The first-order valence-electron chi connectivity index (χ1n) is 4.28. The van der Waals surface area contributed by atoms with E-state index in [1.165, 1.54) is 0 Å². The average Bonchev–Trinajstić information content (AvgIpc) is 2.30. The van der Waals surface area contributed by atoms with Gasteiger partial charge >= 0.3 is 7.60 Å². The van der Waals surface area contributed by atoms with Gasteiger partial charge in [-0.15, -0.1) is 0 Å². The normalized spacial score (nSPS) is 42.4. The minimum absolute atomic E-state index is 0.355. The van der Waals surface area contributed by atoms with Gasteiger partial charge in [-0.05, 0) is 6.92 Å². The molecule has 1 rings (SSSR count). The molecule has 7 heteroatoms. The summed E-state index contributed by atoms with van der Waals surface area (Å²) < 4.78 is 20.9. The zero-order chi connectivity index (χ0) is 10.9. The summed E-state index contributed by atoms with van der Waals surface area (Å²) in [5.41, 5.74) is 0. The molecule has 1 aliphatic rings. The Morgan fingerprint density at radius 3 is 2.57 bits per heavy atom. The van der Waals surface area contributed by atoms with Crippen LogP contribution in [0.2, 0.25) is 0 Å². The molecule has 2 unspecified atom stereocenters. The highest BCUT2D eigenvalue weighted by Crippen LogP contribution is 2.42. The van der Waals surface area contributed by atoms with Crippen LogP contribution in [0.25, 0.3) is 0 Å². The quantitative estimate of drug-likeness (QED) is 0.552. The third kappa shape index (κ3) is 2.76. The van der Waals surface area contributed by atoms with Crippen LogP contribution in [-0.2, 0) is 13.8 Å². The lowest BCUT2D eigenvalue weighted by Gasteiger charge is -2.20. The molecule has 1 aliphatic heterocycles. The lowest BCUT2D eigenvalue weighted by Crippen LogP contribution is -2.35. The molecule has 0 aromatic heterocycles. The van der Waals surface area contributed by atoms with Gasteiger partial charge in [-0.25, -0.2) is 0 Å². The van der Waals surface area contributed by atoms with E-state index in [1.54, 1.807) is 6.92 Å². The molecule has 0 radical (unpaired) electrons. The highest BCUT2D eigenvalue weighted by molar-refractivity contribution is 7.51. The predicted octanol–water partition coefficient (Wildman–Crippen LogP) is -0.673. The van der Waals surface area contributed by atoms with Crippen molar-refractivity contribution in [3.8, 4) is 0 Å². The Hall–Kier alpha value is 0.0300. The molecule has 6 nitrogen and oxygen atoms in total. The standard InChI is InChI=1S/C7H15O6P/c1-4-6(9)7(5(3-8)12-4)13-14(2,10)11/h4-9H,3H2,1-2H3,(H,10,11)/t4-,5+,6+,7?/m0/s1. The minimum atomic E-state index is -3.68. The highest BCUT2D eigenvalue weighted by atomic mass is 31.2. The number of aliphatic hydroxyl groups is 2. The Bertz CT molecular complexity index is 238. The average molecular weight is 226 g/mol. The molecule has 0 aromatic carbocycles. The van der Waals surface area contributed by atoms with E-state index < -0.39 is 32.0 Å². The summed E-state index contributed by atoms with van der Waals surface area (Å²) in [6.45, 7) is 2.28. The molecule has 0 bridgehead atoms. The van der Waals surface area contributed by atoms with Crippen molar-refractivity contribution in [1.29, 1.82) is 0 Å². The van der Waals surface area contributed by atoms with E-state index in [4.69, 9.17) is 19.3 Å². The fourth-order valence-electron chi connectivity index (χ4n) is 1.42. The second kappa shape index (κ2) is 4.26. The Morgan fingerprint density at radius 1 is 1.57 bits per heavy atom. The topological polar surface area (TPSA) is 96.2 Å². The summed E-state index contributed by atoms with van der Waals surface area (Å²) in [7, 11) is -3.68. The Morgan fingerprint density at radius 2 is 2.14 bits per heavy atom. The molecule has 14 heavy (non-hydrogen) atoms. The summed E-state index contributed by atoms with van der Waals surface area (Å²) in [6.07, 6.45) is -3.20. The van der Waals surface area contributed by atoms with Crippen molar-refractivity contribution in [2.75, 3.05) is 13.3 Å². The number of hydrogen-bond acceptors (Lipinski definition) is 5.